The number of methoxy groups -OCH3 is 2. The van der Waals surface area contributed by atoms with Gasteiger partial charge in [-0.1, -0.05) is 30.3 Å². The van der Waals surface area contributed by atoms with E-state index in [1.807, 2.05) is 53.9 Å². The normalized spacial score (nSPS) is 10.9. The summed E-state index contributed by atoms with van der Waals surface area (Å²) in [5, 5.41) is 9.06. The Morgan fingerprint density at radius 1 is 0.935 bits per heavy atom. The number of thiazole rings is 1. The summed E-state index contributed by atoms with van der Waals surface area (Å²) in [6.45, 7) is 0. The van der Waals surface area contributed by atoms with Gasteiger partial charge in [0.05, 0.1) is 31.8 Å². The van der Waals surface area contributed by atoms with Gasteiger partial charge in [-0.3, -0.25) is 0 Å². The number of hydrazone groups is 1. The quantitative estimate of drug-likeness (QED) is 0.259. The maximum absolute atomic E-state index is 13.2. The second kappa shape index (κ2) is 9.40. The molecule has 0 saturated heterocycles. The van der Waals surface area contributed by atoms with Gasteiger partial charge in [0.2, 0.25) is 5.13 Å². The Kier molecular flexibility index (Phi) is 6.24. The van der Waals surface area contributed by atoms with E-state index in [2.05, 4.69) is 5.10 Å². The molecule has 5 nitrogen and oxygen atoms in total. The first-order valence-corrected chi connectivity index (χ1v) is 10.4. The van der Waals surface area contributed by atoms with E-state index in [0.29, 0.717) is 16.6 Å². The summed E-state index contributed by atoms with van der Waals surface area (Å²) in [6, 6.07) is 21.6. The van der Waals surface area contributed by atoms with Crippen LogP contribution in [-0.4, -0.2) is 25.4 Å². The lowest BCUT2D eigenvalue weighted by molar-refractivity contribution is 0.355. The van der Waals surface area contributed by atoms with Crippen molar-refractivity contribution in [1.29, 1.82) is 0 Å². The van der Waals surface area contributed by atoms with E-state index >= 15 is 0 Å². The second-order valence-electron chi connectivity index (χ2n) is 6.53. The van der Waals surface area contributed by atoms with Crippen LogP contribution in [-0.2, 0) is 0 Å². The first kappa shape index (κ1) is 20.6. The highest BCUT2D eigenvalue weighted by Crippen LogP contribution is 2.36. The predicted molar refractivity (Wildman–Crippen MR) is 123 cm³/mol. The Hall–Kier alpha value is -3.71. The van der Waals surface area contributed by atoms with Crippen LogP contribution in [0, 0.1) is 5.82 Å². The number of anilines is 2. The SMILES string of the molecule is COc1ccc(-c2csc(N(N=Cc3ccc(F)cc3)c3ccccc3)n2)cc1OC. The van der Waals surface area contributed by atoms with Crippen molar-refractivity contribution in [3.05, 3.63) is 89.6 Å². The van der Waals surface area contributed by atoms with E-state index in [-0.39, 0.29) is 5.82 Å². The number of aromatic nitrogens is 1. The highest BCUT2D eigenvalue weighted by Gasteiger charge is 2.15. The van der Waals surface area contributed by atoms with Crippen LogP contribution in [0.5, 0.6) is 11.5 Å². The molecule has 0 bridgehead atoms. The van der Waals surface area contributed by atoms with Crippen molar-refractivity contribution < 1.29 is 13.9 Å². The van der Waals surface area contributed by atoms with Gasteiger partial charge in [0.15, 0.2) is 11.5 Å². The van der Waals surface area contributed by atoms with Crippen molar-refractivity contribution in [2.45, 2.75) is 0 Å². The number of halogens is 1. The summed E-state index contributed by atoms with van der Waals surface area (Å²) >= 11 is 1.48. The summed E-state index contributed by atoms with van der Waals surface area (Å²) in [5.74, 6) is 1.02. The van der Waals surface area contributed by atoms with Gasteiger partial charge in [-0.15, -0.1) is 11.3 Å². The summed E-state index contributed by atoms with van der Waals surface area (Å²) in [4.78, 5) is 4.79. The molecule has 0 spiro atoms. The van der Waals surface area contributed by atoms with Crippen LogP contribution in [0.1, 0.15) is 5.56 Å². The molecular weight excluding hydrogens is 413 g/mol. The molecule has 0 aliphatic carbocycles. The summed E-state index contributed by atoms with van der Waals surface area (Å²) in [6.07, 6.45) is 1.68. The zero-order valence-corrected chi connectivity index (χ0v) is 17.8. The molecule has 0 unspecified atom stereocenters. The number of benzene rings is 3. The van der Waals surface area contributed by atoms with Crippen molar-refractivity contribution in [2.24, 2.45) is 5.10 Å². The van der Waals surface area contributed by atoms with Gasteiger partial charge in [0.25, 0.3) is 0 Å². The Bertz CT molecular complexity index is 1180. The molecule has 0 atom stereocenters. The van der Waals surface area contributed by atoms with Crippen LogP contribution in [0.3, 0.4) is 0 Å². The zero-order chi connectivity index (χ0) is 21.6. The van der Waals surface area contributed by atoms with Crippen molar-refractivity contribution in [1.82, 2.24) is 4.98 Å². The smallest absolute Gasteiger partial charge is 0.211 e. The van der Waals surface area contributed by atoms with E-state index in [9.17, 15) is 4.39 Å². The fraction of sp³-hybridized carbons (Fsp3) is 0.0833. The van der Waals surface area contributed by atoms with Crippen molar-refractivity contribution in [3.8, 4) is 22.8 Å². The molecule has 156 valence electrons. The van der Waals surface area contributed by atoms with E-state index in [1.165, 1.54) is 23.5 Å². The molecule has 0 fully saturated rings. The van der Waals surface area contributed by atoms with E-state index in [0.717, 1.165) is 22.5 Å². The first-order valence-electron chi connectivity index (χ1n) is 9.50. The highest BCUT2D eigenvalue weighted by molar-refractivity contribution is 7.14. The Balaban J connectivity index is 1.68. The van der Waals surface area contributed by atoms with Gasteiger partial charge in [0, 0.05) is 10.9 Å². The Morgan fingerprint density at radius 3 is 2.39 bits per heavy atom. The van der Waals surface area contributed by atoms with Crippen LogP contribution in [0.25, 0.3) is 11.3 Å². The molecule has 0 saturated carbocycles. The second-order valence-corrected chi connectivity index (χ2v) is 7.37. The molecule has 0 amide bonds. The van der Waals surface area contributed by atoms with Crippen LogP contribution in [0.2, 0.25) is 0 Å². The topological polar surface area (TPSA) is 47.0 Å². The van der Waals surface area contributed by atoms with Gasteiger partial charge in [0.1, 0.15) is 5.82 Å². The van der Waals surface area contributed by atoms with Gasteiger partial charge < -0.3 is 9.47 Å². The van der Waals surface area contributed by atoms with E-state index in [1.54, 1.807) is 37.6 Å². The molecule has 31 heavy (non-hydrogen) atoms. The Labute approximate surface area is 184 Å². The summed E-state index contributed by atoms with van der Waals surface area (Å²) < 4.78 is 23.9. The lowest BCUT2D eigenvalue weighted by Gasteiger charge is -2.15. The number of rotatable bonds is 7. The fourth-order valence-electron chi connectivity index (χ4n) is 2.96. The van der Waals surface area contributed by atoms with E-state index in [4.69, 9.17) is 14.5 Å². The largest absolute Gasteiger partial charge is 0.493 e. The average molecular weight is 434 g/mol. The van der Waals surface area contributed by atoms with Crippen LogP contribution < -0.4 is 14.5 Å². The molecule has 1 heterocycles. The van der Waals surface area contributed by atoms with Crippen LogP contribution in [0.4, 0.5) is 15.2 Å². The van der Waals surface area contributed by atoms with Crippen molar-refractivity contribution in [2.75, 3.05) is 19.2 Å². The lowest BCUT2D eigenvalue weighted by atomic mass is 10.1. The zero-order valence-electron chi connectivity index (χ0n) is 17.0. The average Bonchev–Trinajstić information content (AvgIpc) is 3.30. The molecule has 0 N–H and O–H groups in total. The third-order valence-electron chi connectivity index (χ3n) is 4.55. The molecule has 0 aliphatic heterocycles. The highest BCUT2D eigenvalue weighted by atomic mass is 32.1. The summed E-state index contributed by atoms with van der Waals surface area (Å²) in [5.41, 5.74) is 3.38. The minimum atomic E-state index is -0.281. The molecule has 4 rings (SSSR count). The molecule has 0 radical (unpaired) electrons. The van der Waals surface area contributed by atoms with Gasteiger partial charge in [-0.25, -0.2) is 14.4 Å². The maximum Gasteiger partial charge on any atom is 0.211 e. The number of para-hydroxylation sites is 1. The molecule has 7 heteroatoms. The minimum absolute atomic E-state index is 0.281. The molecule has 4 aromatic rings. The maximum atomic E-state index is 13.2. The van der Waals surface area contributed by atoms with E-state index < -0.39 is 0 Å². The molecule has 1 aromatic heterocycles. The number of ether oxygens (including phenoxy) is 2. The van der Waals surface area contributed by atoms with Gasteiger partial charge in [-0.05, 0) is 48.0 Å². The van der Waals surface area contributed by atoms with Crippen molar-refractivity contribution in [3.63, 3.8) is 0 Å². The van der Waals surface area contributed by atoms with Crippen LogP contribution in [0.15, 0.2) is 83.3 Å². The van der Waals surface area contributed by atoms with Crippen LogP contribution >= 0.6 is 11.3 Å². The summed E-state index contributed by atoms with van der Waals surface area (Å²) in [7, 11) is 3.21. The first-order chi connectivity index (χ1) is 15.2. The fourth-order valence-corrected chi connectivity index (χ4v) is 3.77. The monoisotopic (exact) mass is 433 g/mol. The number of hydrogen-bond donors (Lipinski definition) is 0. The standard InChI is InChI=1S/C24H20FN3O2S/c1-29-22-13-10-18(14-23(22)30-2)21-16-31-24(27-21)28(20-6-4-3-5-7-20)26-15-17-8-11-19(25)12-9-17/h3-16H,1-2H3. The third kappa shape index (κ3) is 4.73. The minimum Gasteiger partial charge on any atom is -0.493 e. The number of nitrogens with zero attached hydrogens (tertiary/aromatic N) is 3. The van der Waals surface area contributed by atoms with Crippen molar-refractivity contribution >= 4 is 28.4 Å². The van der Waals surface area contributed by atoms with Gasteiger partial charge in [-0.2, -0.15) is 5.10 Å². The Morgan fingerprint density at radius 2 is 1.68 bits per heavy atom. The number of hydrogen-bond acceptors (Lipinski definition) is 6. The predicted octanol–water partition coefficient (Wildman–Crippen LogP) is 6.14. The van der Waals surface area contributed by atoms with Gasteiger partial charge >= 0.3 is 0 Å². The lowest BCUT2D eigenvalue weighted by Crippen LogP contribution is -2.09. The molecule has 3 aromatic carbocycles. The molecular formula is C24H20FN3O2S. The molecule has 0 aliphatic rings. The third-order valence-corrected chi connectivity index (χ3v) is 5.36.